The van der Waals surface area contributed by atoms with Gasteiger partial charge >= 0.3 is 6.03 Å². The molecule has 25 nitrogen and oxygen atoms in total. The standard InChI is InChI=1S/C47H69N13O12S2/c1-25(2)18-31(40(65)53-22-38(50)63)58-45(70)36-11-7-17-60(36)46(71)35(24-74)59-44(69)34(21-37(49)62)57-41(66)30(10-6-16-52-47(51)72)54-42(67)33(19-26-8-4-3-5-9-26)56-43(68)32(55-39(64)29(48)23-73)20-27-12-14-28(61)15-13-27/h3-5,8-9,12-15,25,29-36,61,73-74H,6-7,10-11,16-24,48H2,1-2H3,(H2,49,62)(H2,50,63)(H,53,65)(H,54,67)(H,55,64)(H,56,68)(H,57,66)(H,58,70)(H,59,69)(H3,51,52,72)/t29-,30-,31-,32-,33-,34-,35-,36-/m0/s1. The fourth-order valence-corrected chi connectivity index (χ4v) is 8.15. The predicted molar refractivity (Wildman–Crippen MR) is 276 cm³/mol. The van der Waals surface area contributed by atoms with Crippen LogP contribution in [0.3, 0.4) is 0 Å². The second kappa shape index (κ2) is 30.8. The Morgan fingerprint density at radius 3 is 1.73 bits per heavy atom. The molecule has 17 N–H and O–H groups in total. The van der Waals surface area contributed by atoms with Gasteiger partial charge in [-0.3, -0.25) is 47.9 Å². The number of urea groups is 1. The summed E-state index contributed by atoms with van der Waals surface area (Å²) in [5, 5.41) is 30.0. The van der Waals surface area contributed by atoms with E-state index in [9.17, 15) is 57.8 Å². The molecular formula is C47H69N13O12S2. The normalized spacial score (nSPS) is 15.9. The average Bonchev–Trinajstić information content (AvgIpc) is 3.85. The number of amides is 12. The summed E-state index contributed by atoms with van der Waals surface area (Å²) in [6.07, 6.45) is -0.465. The lowest BCUT2D eigenvalue weighted by atomic mass is 10.0. The molecule has 1 aliphatic rings. The van der Waals surface area contributed by atoms with Crippen molar-refractivity contribution in [3.63, 3.8) is 0 Å². The van der Waals surface area contributed by atoms with Crippen molar-refractivity contribution in [2.45, 2.75) is 114 Å². The molecule has 8 atom stereocenters. The van der Waals surface area contributed by atoms with Crippen molar-refractivity contribution in [2.24, 2.45) is 28.9 Å². The largest absolute Gasteiger partial charge is 0.508 e. The lowest BCUT2D eigenvalue weighted by Crippen LogP contribution is -2.61. The summed E-state index contributed by atoms with van der Waals surface area (Å²) in [6, 6.07) is 2.74. The monoisotopic (exact) mass is 1070 g/mol. The molecule has 406 valence electrons. The van der Waals surface area contributed by atoms with Crippen molar-refractivity contribution >= 4 is 90.4 Å². The fraction of sp³-hybridized carbons (Fsp3) is 0.511. The molecule has 27 heteroatoms. The number of likely N-dealkylation sites (tertiary alicyclic amines) is 1. The Morgan fingerprint density at radius 2 is 1.18 bits per heavy atom. The molecule has 3 rings (SSSR count). The smallest absolute Gasteiger partial charge is 0.312 e. The highest BCUT2D eigenvalue weighted by molar-refractivity contribution is 7.80. The molecule has 1 heterocycles. The van der Waals surface area contributed by atoms with Gasteiger partial charge in [-0.1, -0.05) is 56.3 Å². The molecule has 74 heavy (non-hydrogen) atoms. The zero-order chi connectivity index (χ0) is 55.1. The number of phenols is 1. The van der Waals surface area contributed by atoms with Crippen molar-refractivity contribution in [1.29, 1.82) is 0 Å². The van der Waals surface area contributed by atoms with E-state index < -0.39 is 126 Å². The van der Waals surface area contributed by atoms with E-state index in [0.717, 1.165) is 0 Å². The summed E-state index contributed by atoms with van der Waals surface area (Å²) in [6.45, 7) is 3.19. The van der Waals surface area contributed by atoms with Crippen molar-refractivity contribution in [2.75, 3.05) is 31.1 Å². The first-order valence-corrected chi connectivity index (χ1v) is 25.1. The highest BCUT2D eigenvalue weighted by Crippen LogP contribution is 2.20. The van der Waals surface area contributed by atoms with E-state index in [0.29, 0.717) is 17.5 Å². The minimum atomic E-state index is -1.75. The van der Waals surface area contributed by atoms with Gasteiger partial charge in [0.25, 0.3) is 0 Å². The number of thiol groups is 2. The second-order valence-electron chi connectivity index (χ2n) is 18.0. The van der Waals surface area contributed by atoms with Crippen LogP contribution in [0.15, 0.2) is 54.6 Å². The van der Waals surface area contributed by atoms with Gasteiger partial charge in [-0.2, -0.15) is 25.3 Å². The number of phenolic OH excluding ortho intramolecular Hbond substituents is 1. The first-order chi connectivity index (χ1) is 35.0. The van der Waals surface area contributed by atoms with Gasteiger partial charge < -0.3 is 75.5 Å². The quantitative estimate of drug-likeness (QED) is 0.0264. The number of primary amides is 3. The minimum Gasteiger partial charge on any atom is -0.508 e. The molecular weight excluding hydrogens is 1000 g/mol. The van der Waals surface area contributed by atoms with Crippen LogP contribution in [0.5, 0.6) is 5.75 Å². The van der Waals surface area contributed by atoms with Gasteiger partial charge in [-0.15, -0.1) is 0 Å². The van der Waals surface area contributed by atoms with Crippen LogP contribution >= 0.6 is 25.3 Å². The first kappa shape index (κ1) is 61.2. The van der Waals surface area contributed by atoms with E-state index in [1.165, 1.54) is 29.2 Å². The number of hydrogen-bond donors (Lipinski definition) is 15. The van der Waals surface area contributed by atoms with Gasteiger partial charge in [0.2, 0.25) is 59.1 Å². The Hall–Kier alpha value is -7.13. The number of hydrogen-bond acceptors (Lipinski definition) is 15. The third kappa shape index (κ3) is 20.8. The Bertz CT molecular complexity index is 2300. The summed E-state index contributed by atoms with van der Waals surface area (Å²) in [4.78, 5) is 147. The maximum Gasteiger partial charge on any atom is 0.312 e. The van der Waals surface area contributed by atoms with Crippen molar-refractivity contribution in [3.05, 3.63) is 65.7 Å². The maximum absolute atomic E-state index is 14.4. The van der Waals surface area contributed by atoms with Crippen LogP contribution in [-0.2, 0) is 60.8 Å². The third-order valence-electron chi connectivity index (χ3n) is 11.5. The summed E-state index contributed by atoms with van der Waals surface area (Å²) >= 11 is 8.34. The lowest BCUT2D eigenvalue weighted by molar-refractivity contribution is -0.142. The van der Waals surface area contributed by atoms with Crippen molar-refractivity contribution in [3.8, 4) is 5.75 Å². The molecule has 0 unspecified atom stereocenters. The first-order valence-electron chi connectivity index (χ1n) is 23.8. The Labute approximate surface area is 439 Å². The van der Waals surface area contributed by atoms with Gasteiger partial charge in [0, 0.05) is 37.4 Å². The van der Waals surface area contributed by atoms with E-state index in [4.69, 9.17) is 22.9 Å². The van der Waals surface area contributed by atoms with E-state index in [-0.39, 0.29) is 74.8 Å². The maximum atomic E-state index is 14.4. The van der Waals surface area contributed by atoms with Crippen LogP contribution in [0.2, 0.25) is 0 Å². The topological polar surface area (TPSA) is 412 Å². The number of benzene rings is 2. The molecule has 0 saturated carbocycles. The molecule has 1 saturated heterocycles. The van der Waals surface area contributed by atoms with Crippen LogP contribution in [0.4, 0.5) is 4.79 Å². The zero-order valence-electron chi connectivity index (χ0n) is 41.2. The average molecular weight is 1070 g/mol. The summed E-state index contributed by atoms with van der Waals surface area (Å²) in [5.74, 6) is -8.95. The predicted octanol–water partition coefficient (Wildman–Crippen LogP) is -3.76. The Balaban J connectivity index is 1.89. The van der Waals surface area contributed by atoms with Gasteiger partial charge in [0.15, 0.2) is 0 Å². The number of nitrogens with zero attached hydrogens (tertiary/aromatic N) is 1. The molecule has 2 aromatic carbocycles. The molecule has 0 aromatic heterocycles. The SMILES string of the molecule is CC(C)C[C@H](NC(=O)[C@@H]1CCCN1C(=O)[C@H](CS)NC(=O)[C@H](CC(N)=O)NC(=O)[C@H](CCCNC(N)=O)NC(=O)[C@H](Cc1ccccc1)NC(=O)[C@H](Cc1ccc(O)cc1)NC(=O)[C@@H](N)CS)C(=O)NCC(N)=O. The van der Waals surface area contributed by atoms with Crippen LogP contribution in [0, 0.1) is 5.92 Å². The van der Waals surface area contributed by atoms with Gasteiger partial charge in [0.1, 0.15) is 48.0 Å². The highest BCUT2D eigenvalue weighted by atomic mass is 32.1. The van der Waals surface area contributed by atoms with Gasteiger partial charge in [-0.05, 0) is 61.3 Å². The molecule has 0 radical (unpaired) electrons. The molecule has 0 aliphatic carbocycles. The Kier molecular flexibility index (Phi) is 25.5. The van der Waals surface area contributed by atoms with Crippen molar-refractivity contribution in [1.82, 2.24) is 47.4 Å². The Morgan fingerprint density at radius 1 is 0.635 bits per heavy atom. The number of carbonyl (C=O) groups is 11. The molecule has 1 aliphatic heterocycles. The fourth-order valence-electron chi connectivity index (χ4n) is 7.74. The molecule has 1 fully saturated rings. The summed E-state index contributed by atoms with van der Waals surface area (Å²) in [5.41, 5.74) is 22.9. The van der Waals surface area contributed by atoms with Gasteiger partial charge in [0.05, 0.1) is 19.0 Å². The van der Waals surface area contributed by atoms with E-state index in [1.807, 2.05) is 13.8 Å². The number of carbonyl (C=O) groups excluding carboxylic acids is 11. The van der Waals surface area contributed by atoms with Crippen LogP contribution in [0.1, 0.15) is 63.5 Å². The summed E-state index contributed by atoms with van der Waals surface area (Å²) < 4.78 is 0. The molecule has 12 amide bonds. The van der Waals surface area contributed by atoms with E-state index in [1.54, 1.807) is 30.3 Å². The van der Waals surface area contributed by atoms with E-state index in [2.05, 4.69) is 67.8 Å². The molecule has 2 aromatic rings. The second-order valence-corrected chi connectivity index (χ2v) is 18.7. The summed E-state index contributed by atoms with van der Waals surface area (Å²) in [7, 11) is 0. The number of rotatable bonds is 30. The minimum absolute atomic E-state index is 0.0207. The highest BCUT2D eigenvalue weighted by Gasteiger charge is 2.40. The zero-order valence-corrected chi connectivity index (χ0v) is 43.0. The molecule has 0 bridgehead atoms. The number of aromatic hydroxyl groups is 1. The van der Waals surface area contributed by atoms with Crippen LogP contribution < -0.4 is 65.5 Å². The third-order valence-corrected chi connectivity index (χ3v) is 12.3. The lowest BCUT2D eigenvalue weighted by Gasteiger charge is -2.30. The van der Waals surface area contributed by atoms with Crippen LogP contribution in [0.25, 0.3) is 0 Å². The molecule has 0 spiro atoms. The number of nitrogens with two attached hydrogens (primary N) is 4. The van der Waals surface area contributed by atoms with Gasteiger partial charge in [-0.25, -0.2) is 4.79 Å². The van der Waals surface area contributed by atoms with Crippen molar-refractivity contribution < 1.29 is 57.8 Å². The van der Waals surface area contributed by atoms with E-state index >= 15 is 0 Å². The number of nitrogens with one attached hydrogen (secondary N) is 8. The van der Waals surface area contributed by atoms with Crippen LogP contribution in [-0.4, -0.2) is 155 Å².